The van der Waals surface area contributed by atoms with Crippen LogP contribution in [0.4, 0.5) is 5.69 Å². The summed E-state index contributed by atoms with van der Waals surface area (Å²) in [6, 6.07) is 16.1. The van der Waals surface area contributed by atoms with Gasteiger partial charge in [-0.05, 0) is 29.7 Å². The minimum Gasteiger partial charge on any atom is -0.352 e. The number of benzene rings is 2. The Morgan fingerprint density at radius 2 is 2.00 bits per heavy atom. The van der Waals surface area contributed by atoms with Crippen LogP contribution in [0.5, 0.6) is 0 Å². The highest BCUT2D eigenvalue weighted by Gasteiger charge is 2.13. The number of nitrogens with zero attached hydrogens (tertiary/aromatic N) is 2. The van der Waals surface area contributed by atoms with Crippen LogP contribution in [0.1, 0.15) is 23.6 Å². The summed E-state index contributed by atoms with van der Waals surface area (Å²) in [6.45, 7) is 4.11. The molecule has 2 aromatic rings. The Hall–Kier alpha value is -2.60. The van der Waals surface area contributed by atoms with Crippen molar-refractivity contribution in [1.82, 2.24) is 10.7 Å². The molecule has 1 heterocycles. The summed E-state index contributed by atoms with van der Waals surface area (Å²) in [5.41, 5.74) is 8.26. The Kier molecular flexibility index (Phi) is 5.50. The molecule has 2 N–H and O–H groups in total. The largest absolute Gasteiger partial charge is 0.352 e. The van der Waals surface area contributed by atoms with Crippen LogP contribution in [0, 0.1) is 6.92 Å². The van der Waals surface area contributed by atoms with Crippen LogP contribution in [-0.4, -0.2) is 22.5 Å². The van der Waals surface area contributed by atoms with Gasteiger partial charge in [-0.1, -0.05) is 54.2 Å². The number of para-hydroxylation sites is 1. The molecule has 6 heteroatoms. The van der Waals surface area contributed by atoms with Gasteiger partial charge in [-0.15, -0.1) is 0 Å². The van der Waals surface area contributed by atoms with E-state index < -0.39 is 0 Å². The van der Waals surface area contributed by atoms with Crippen LogP contribution < -0.4 is 10.7 Å². The number of amides is 1. The highest BCUT2D eigenvalue weighted by atomic mass is 32.2. The van der Waals surface area contributed by atoms with Gasteiger partial charge < -0.3 is 5.32 Å². The first-order valence-electron chi connectivity index (χ1n) is 8.05. The number of rotatable bonds is 4. The molecule has 1 aliphatic rings. The van der Waals surface area contributed by atoms with Crippen LogP contribution in [0.25, 0.3) is 0 Å². The van der Waals surface area contributed by atoms with Crippen molar-refractivity contribution in [2.75, 3.05) is 5.75 Å². The second-order valence-corrected chi connectivity index (χ2v) is 6.73. The number of thioether (sulfide) groups is 1. The lowest BCUT2D eigenvalue weighted by atomic mass is 10.1. The molecule has 128 valence electrons. The van der Waals surface area contributed by atoms with Gasteiger partial charge >= 0.3 is 0 Å². The minimum atomic E-state index is -0.0261. The molecule has 0 aliphatic carbocycles. The van der Waals surface area contributed by atoms with Gasteiger partial charge in [-0.2, -0.15) is 5.10 Å². The van der Waals surface area contributed by atoms with Gasteiger partial charge in [-0.3, -0.25) is 10.2 Å². The Morgan fingerprint density at radius 1 is 1.24 bits per heavy atom. The predicted molar refractivity (Wildman–Crippen MR) is 104 cm³/mol. The Balaban J connectivity index is 1.67. The van der Waals surface area contributed by atoms with Crippen molar-refractivity contribution in [3.8, 4) is 0 Å². The molecule has 0 saturated carbocycles. The minimum absolute atomic E-state index is 0.0261. The van der Waals surface area contributed by atoms with Crippen molar-refractivity contribution in [3.63, 3.8) is 0 Å². The predicted octanol–water partition coefficient (Wildman–Crippen LogP) is 3.36. The molecule has 2 aromatic carbocycles. The molecule has 25 heavy (non-hydrogen) atoms. The summed E-state index contributed by atoms with van der Waals surface area (Å²) < 4.78 is 0. The van der Waals surface area contributed by atoms with E-state index in [1.54, 1.807) is 11.8 Å². The Morgan fingerprint density at radius 3 is 2.64 bits per heavy atom. The number of amidine groups is 1. The number of hydrogen-bond acceptors (Lipinski definition) is 4. The Bertz CT molecular complexity index is 828. The van der Waals surface area contributed by atoms with Crippen LogP contribution >= 0.6 is 11.8 Å². The van der Waals surface area contributed by atoms with E-state index in [9.17, 15) is 4.79 Å². The lowest BCUT2D eigenvalue weighted by Crippen LogP contribution is -2.25. The van der Waals surface area contributed by atoms with Gasteiger partial charge in [0.2, 0.25) is 5.91 Å². The SMILES string of the molecule is CC(=O)NCc1ccc(C2=NNC(=Nc3ccccc3C)SC2)cc1. The summed E-state index contributed by atoms with van der Waals surface area (Å²) in [7, 11) is 0. The topological polar surface area (TPSA) is 65.8 Å². The molecule has 0 saturated heterocycles. The van der Waals surface area contributed by atoms with Gasteiger partial charge in [0.1, 0.15) is 0 Å². The van der Waals surface area contributed by atoms with Gasteiger partial charge in [0.25, 0.3) is 0 Å². The van der Waals surface area contributed by atoms with E-state index in [0.717, 1.165) is 39.0 Å². The highest BCUT2D eigenvalue weighted by molar-refractivity contribution is 8.14. The number of aliphatic imine (C=N–C) groups is 1. The van der Waals surface area contributed by atoms with Crippen LogP contribution in [0.3, 0.4) is 0 Å². The molecule has 0 unspecified atom stereocenters. The van der Waals surface area contributed by atoms with Crippen LogP contribution in [0.2, 0.25) is 0 Å². The smallest absolute Gasteiger partial charge is 0.217 e. The number of aryl methyl sites for hydroxylation is 1. The van der Waals surface area contributed by atoms with Crippen molar-refractivity contribution in [2.24, 2.45) is 10.1 Å². The van der Waals surface area contributed by atoms with Crippen LogP contribution in [0.15, 0.2) is 58.6 Å². The van der Waals surface area contributed by atoms with Gasteiger partial charge in [0, 0.05) is 19.2 Å². The number of carbonyl (C=O) groups is 1. The van der Waals surface area contributed by atoms with E-state index in [1.165, 1.54) is 6.92 Å². The highest BCUT2D eigenvalue weighted by Crippen LogP contribution is 2.21. The maximum atomic E-state index is 11.0. The molecule has 0 spiro atoms. The molecule has 5 nitrogen and oxygen atoms in total. The third-order valence-corrected chi connectivity index (χ3v) is 4.67. The second-order valence-electron chi connectivity index (χ2n) is 5.77. The molecule has 0 aromatic heterocycles. The monoisotopic (exact) mass is 352 g/mol. The lowest BCUT2D eigenvalue weighted by Gasteiger charge is -2.15. The van der Waals surface area contributed by atoms with E-state index in [-0.39, 0.29) is 5.91 Å². The summed E-state index contributed by atoms with van der Waals surface area (Å²) in [4.78, 5) is 15.6. The van der Waals surface area contributed by atoms with Gasteiger partial charge in [0.15, 0.2) is 5.17 Å². The molecule has 0 atom stereocenters. The fraction of sp³-hybridized carbons (Fsp3) is 0.211. The zero-order chi connectivity index (χ0) is 17.6. The third-order valence-electron chi connectivity index (χ3n) is 3.80. The zero-order valence-electron chi connectivity index (χ0n) is 14.2. The average Bonchev–Trinajstić information content (AvgIpc) is 2.63. The average molecular weight is 352 g/mol. The van der Waals surface area contributed by atoms with E-state index in [4.69, 9.17) is 0 Å². The molecule has 0 radical (unpaired) electrons. The van der Waals surface area contributed by atoms with E-state index in [2.05, 4.69) is 20.8 Å². The standard InChI is InChI=1S/C19H20N4OS/c1-13-5-3-4-6-17(13)21-19-23-22-18(12-25-19)16-9-7-15(8-10-16)11-20-14(2)24/h3-10H,11-12H2,1-2H3,(H,20,24)(H,21,23). The third kappa shape index (κ3) is 4.70. The summed E-state index contributed by atoms with van der Waals surface area (Å²) in [5.74, 6) is 0.741. The summed E-state index contributed by atoms with van der Waals surface area (Å²) >= 11 is 1.64. The molecule has 1 amide bonds. The first-order chi connectivity index (χ1) is 12.1. The number of hydrazone groups is 1. The maximum Gasteiger partial charge on any atom is 0.217 e. The molecule has 1 aliphatic heterocycles. The summed E-state index contributed by atoms with van der Waals surface area (Å²) in [6.07, 6.45) is 0. The molecule has 0 bridgehead atoms. The van der Waals surface area contributed by atoms with E-state index in [1.807, 2.05) is 55.5 Å². The number of nitrogens with one attached hydrogen (secondary N) is 2. The van der Waals surface area contributed by atoms with E-state index >= 15 is 0 Å². The first kappa shape index (κ1) is 17.2. The normalized spacial score (nSPS) is 15.4. The number of hydrogen-bond donors (Lipinski definition) is 2. The Labute approximate surface area is 151 Å². The van der Waals surface area contributed by atoms with Crippen molar-refractivity contribution >= 4 is 34.2 Å². The van der Waals surface area contributed by atoms with Crippen molar-refractivity contribution < 1.29 is 4.79 Å². The lowest BCUT2D eigenvalue weighted by molar-refractivity contribution is -0.119. The first-order valence-corrected chi connectivity index (χ1v) is 9.04. The molecule has 3 rings (SSSR count). The van der Waals surface area contributed by atoms with Gasteiger partial charge in [-0.25, -0.2) is 4.99 Å². The molecular formula is C19H20N4OS. The number of carbonyl (C=O) groups excluding carboxylic acids is 1. The van der Waals surface area contributed by atoms with E-state index in [0.29, 0.717) is 6.54 Å². The van der Waals surface area contributed by atoms with Crippen LogP contribution in [-0.2, 0) is 11.3 Å². The second kappa shape index (κ2) is 7.98. The fourth-order valence-electron chi connectivity index (χ4n) is 2.36. The quantitative estimate of drug-likeness (QED) is 0.887. The zero-order valence-corrected chi connectivity index (χ0v) is 15.1. The van der Waals surface area contributed by atoms with Crippen molar-refractivity contribution in [1.29, 1.82) is 0 Å². The van der Waals surface area contributed by atoms with Crippen molar-refractivity contribution in [3.05, 3.63) is 65.2 Å². The fourth-order valence-corrected chi connectivity index (χ4v) is 3.14. The van der Waals surface area contributed by atoms with Gasteiger partial charge in [0.05, 0.1) is 11.4 Å². The molecular weight excluding hydrogens is 332 g/mol. The summed E-state index contributed by atoms with van der Waals surface area (Å²) in [5, 5.41) is 8.05. The van der Waals surface area contributed by atoms with Crippen molar-refractivity contribution in [2.45, 2.75) is 20.4 Å². The molecule has 0 fully saturated rings. The maximum absolute atomic E-state index is 11.0.